The first kappa shape index (κ1) is 8.08. The summed E-state index contributed by atoms with van der Waals surface area (Å²) in [6.45, 7) is 7.35. The van der Waals surface area contributed by atoms with Gasteiger partial charge in [0.1, 0.15) is 0 Å². The molecule has 0 aliphatic heterocycles. The topological polar surface area (TPSA) is 0 Å². The van der Waals surface area contributed by atoms with E-state index in [9.17, 15) is 0 Å². The molecule has 0 spiro atoms. The van der Waals surface area contributed by atoms with Gasteiger partial charge in [-0.15, -0.1) is 0 Å². The molecule has 0 heterocycles. The average Bonchev–Trinajstić information content (AvgIpc) is 2.14. The highest BCUT2D eigenvalue weighted by molar-refractivity contribution is 5.28. The number of hydrogen-bond donors (Lipinski definition) is 0. The maximum absolute atomic E-state index is 2.60. The Morgan fingerprint density at radius 2 is 2.00 bits per heavy atom. The fourth-order valence-electron chi connectivity index (χ4n) is 4.46. The van der Waals surface area contributed by atoms with E-state index in [1.165, 1.54) is 25.7 Å². The minimum atomic E-state index is 0.476. The Morgan fingerprint density at radius 3 is 2.77 bits per heavy atom. The summed E-state index contributed by atoms with van der Waals surface area (Å²) in [5, 5.41) is 0. The van der Waals surface area contributed by atoms with Crippen molar-refractivity contribution in [2.45, 2.75) is 46.5 Å². The summed E-state index contributed by atoms with van der Waals surface area (Å²) in [6.07, 6.45) is 8.45. The van der Waals surface area contributed by atoms with Crippen LogP contribution in [0.4, 0.5) is 0 Å². The highest BCUT2D eigenvalue weighted by atomic mass is 14.6. The molecule has 0 aromatic heterocycles. The number of allylic oxidation sites excluding steroid dienone is 2. The Kier molecular flexibility index (Phi) is 1.27. The van der Waals surface area contributed by atoms with E-state index in [2.05, 4.69) is 26.8 Å². The standard InChI is InChI=1S/C13H20/c1-12(2)5-9-4-10-6-13(3,8-12)7-11(9)10/h5,10-11H,4,6-8H2,1-3H3. The van der Waals surface area contributed by atoms with Gasteiger partial charge in [0.25, 0.3) is 0 Å². The summed E-state index contributed by atoms with van der Waals surface area (Å²) in [7, 11) is 0. The molecule has 0 heteroatoms. The van der Waals surface area contributed by atoms with Gasteiger partial charge in [0.15, 0.2) is 0 Å². The summed E-state index contributed by atoms with van der Waals surface area (Å²) in [5.74, 6) is 2.08. The maximum atomic E-state index is 2.60. The minimum Gasteiger partial charge on any atom is -0.0793 e. The van der Waals surface area contributed by atoms with Gasteiger partial charge >= 0.3 is 0 Å². The fraction of sp³-hybridized carbons (Fsp3) is 0.846. The van der Waals surface area contributed by atoms with Crippen LogP contribution in [0.15, 0.2) is 11.6 Å². The molecule has 3 atom stereocenters. The van der Waals surface area contributed by atoms with Gasteiger partial charge in [-0.3, -0.25) is 0 Å². The molecule has 3 rings (SSSR count). The zero-order valence-corrected chi connectivity index (χ0v) is 9.06. The van der Waals surface area contributed by atoms with E-state index in [1.807, 2.05) is 0 Å². The van der Waals surface area contributed by atoms with Crippen molar-refractivity contribution in [2.24, 2.45) is 22.7 Å². The first-order valence-corrected chi connectivity index (χ1v) is 5.69. The van der Waals surface area contributed by atoms with Crippen molar-refractivity contribution >= 4 is 0 Å². The van der Waals surface area contributed by atoms with Gasteiger partial charge in [-0.1, -0.05) is 32.4 Å². The van der Waals surface area contributed by atoms with E-state index in [4.69, 9.17) is 0 Å². The van der Waals surface area contributed by atoms with E-state index < -0.39 is 0 Å². The van der Waals surface area contributed by atoms with Gasteiger partial charge in [-0.2, -0.15) is 0 Å². The predicted octanol–water partition coefficient (Wildman–Crippen LogP) is 3.78. The molecule has 3 unspecified atom stereocenters. The molecule has 0 aromatic carbocycles. The summed E-state index contributed by atoms with van der Waals surface area (Å²) in [5.41, 5.74) is 2.95. The summed E-state index contributed by atoms with van der Waals surface area (Å²) in [6, 6.07) is 0. The molecule has 3 aliphatic rings. The third kappa shape index (κ3) is 1.04. The van der Waals surface area contributed by atoms with E-state index in [0.717, 1.165) is 11.8 Å². The molecule has 0 saturated heterocycles. The Bertz CT molecular complexity index is 284. The van der Waals surface area contributed by atoms with Gasteiger partial charge in [-0.25, -0.2) is 0 Å². The summed E-state index contributed by atoms with van der Waals surface area (Å²) >= 11 is 0. The monoisotopic (exact) mass is 176 g/mol. The van der Waals surface area contributed by atoms with E-state index in [-0.39, 0.29) is 0 Å². The maximum Gasteiger partial charge on any atom is -0.0166 e. The molecule has 2 fully saturated rings. The van der Waals surface area contributed by atoms with E-state index >= 15 is 0 Å². The number of hydrogen-bond acceptors (Lipinski definition) is 0. The van der Waals surface area contributed by atoms with Crippen LogP contribution >= 0.6 is 0 Å². The lowest BCUT2D eigenvalue weighted by Crippen LogP contribution is -2.27. The van der Waals surface area contributed by atoms with Crippen LogP contribution < -0.4 is 0 Å². The van der Waals surface area contributed by atoms with Crippen molar-refractivity contribution in [1.82, 2.24) is 0 Å². The van der Waals surface area contributed by atoms with Crippen LogP contribution in [0.3, 0.4) is 0 Å². The first-order chi connectivity index (χ1) is 5.98. The summed E-state index contributed by atoms with van der Waals surface area (Å²) in [4.78, 5) is 0. The van der Waals surface area contributed by atoms with E-state index in [1.54, 1.807) is 5.57 Å². The Balaban J connectivity index is 2.04. The van der Waals surface area contributed by atoms with Crippen LogP contribution in [0.2, 0.25) is 0 Å². The van der Waals surface area contributed by atoms with Crippen LogP contribution in [0.5, 0.6) is 0 Å². The molecule has 0 aromatic rings. The smallest absolute Gasteiger partial charge is 0.0166 e. The highest BCUT2D eigenvalue weighted by Gasteiger charge is 2.52. The third-order valence-corrected chi connectivity index (χ3v) is 4.47. The summed E-state index contributed by atoms with van der Waals surface area (Å²) < 4.78 is 0. The second-order valence-electron chi connectivity index (χ2n) is 6.67. The number of fused-ring (bicyclic) bond motifs is 1. The molecule has 2 bridgehead atoms. The lowest BCUT2D eigenvalue weighted by Gasteiger charge is -2.39. The predicted molar refractivity (Wildman–Crippen MR) is 55.4 cm³/mol. The molecule has 0 radical (unpaired) electrons. The average molecular weight is 176 g/mol. The van der Waals surface area contributed by atoms with Crippen LogP contribution in [-0.4, -0.2) is 0 Å². The quantitative estimate of drug-likeness (QED) is 0.493. The molecule has 13 heavy (non-hydrogen) atoms. The second kappa shape index (κ2) is 2.04. The Morgan fingerprint density at radius 1 is 1.23 bits per heavy atom. The highest BCUT2D eigenvalue weighted by Crippen LogP contribution is 2.64. The van der Waals surface area contributed by atoms with Crippen LogP contribution in [-0.2, 0) is 0 Å². The molecule has 3 aliphatic carbocycles. The van der Waals surface area contributed by atoms with Crippen LogP contribution in [0.1, 0.15) is 46.5 Å². The largest absolute Gasteiger partial charge is 0.0793 e. The normalized spacial score (nSPS) is 50.8. The minimum absolute atomic E-state index is 0.476. The molecule has 0 nitrogen and oxygen atoms in total. The van der Waals surface area contributed by atoms with Crippen molar-refractivity contribution in [2.75, 3.05) is 0 Å². The zero-order valence-electron chi connectivity index (χ0n) is 9.06. The van der Waals surface area contributed by atoms with Gasteiger partial charge in [0.05, 0.1) is 0 Å². The van der Waals surface area contributed by atoms with Crippen molar-refractivity contribution in [3.63, 3.8) is 0 Å². The third-order valence-electron chi connectivity index (χ3n) is 4.47. The second-order valence-corrected chi connectivity index (χ2v) is 6.67. The first-order valence-electron chi connectivity index (χ1n) is 5.69. The Labute approximate surface area is 81.4 Å². The van der Waals surface area contributed by atoms with Gasteiger partial charge in [0, 0.05) is 0 Å². The molecule has 72 valence electrons. The van der Waals surface area contributed by atoms with Gasteiger partial charge in [-0.05, 0) is 48.3 Å². The number of rotatable bonds is 0. The lowest BCUT2D eigenvalue weighted by atomic mass is 9.66. The van der Waals surface area contributed by atoms with Crippen molar-refractivity contribution in [3.05, 3.63) is 11.6 Å². The zero-order chi connectivity index (χ0) is 9.27. The van der Waals surface area contributed by atoms with Crippen LogP contribution in [0.25, 0.3) is 0 Å². The fourth-order valence-corrected chi connectivity index (χ4v) is 4.46. The van der Waals surface area contributed by atoms with Crippen molar-refractivity contribution in [3.8, 4) is 0 Å². The van der Waals surface area contributed by atoms with Gasteiger partial charge < -0.3 is 0 Å². The molecular weight excluding hydrogens is 156 g/mol. The molecule has 0 N–H and O–H groups in total. The van der Waals surface area contributed by atoms with Gasteiger partial charge in [0.2, 0.25) is 0 Å². The molecular formula is C13H20. The lowest BCUT2D eigenvalue weighted by molar-refractivity contribution is 0.208. The van der Waals surface area contributed by atoms with Crippen molar-refractivity contribution < 1.29 is 0 Å². The molecule has 2 saturated carbocycles. The van der Waals surface area contributed by atoms with Crippen molar-refractivity contribution in [1.29, 1.82) is 0 Å². The van der Waals surface area contributed by atoms with E-state index in [0.29, 0.717) is 10.8 Å². The molecule has 0 amide bonds. The Hall–Kier alpha value is -0.260. The SMILES string of the molecule is CC1(C)C=C2CC3CC(C)(CC23)C1. The van der Waals surface area contributed by atoms with Crippen LogP contribution in [0, 0.1) is 22.7 Å².